The molecule has 9 heteroatoms. The van der Waals surface area contributed by atoms with Gasteiger partial charge in [0, 0.05) is 12.6 Å². The van der Waals surface area contributed by atoms with Gasteiger partial charge in [0.15, 0.2) is 5.16 Å². The van der Waals surface area contributed by atoms with Crippen LogP contribution in [0.1, 0.15) is 5.56 Å². The van der Waals surface area contributed by atoms with E-state index < -0.39 is 17.5 Å². The molecule has 0 atom stereocenters. The molecule has 0 spiro atoms. The summed E-state index contributed by atoms with van der Waals surface area (Å²) in [5, 5.41) is 9.02. The number of hydrogen-bond acceptors (Lipinski definition) is 4. The SMILES string of the molecule is O=C(CSc1n[nH]c(=O)n1CCc1ccccc1)Nc1ccc(F)cc1F. The van der Waals surface area contributed by atoms with Crippen LogP contribution in [0.25, 0.3) is 0 Å². The van der Waals surface area contributed by atoms with Crippen LogP contribution in [-0.4, -0.2) is 26.4 Å². The Labute approximate surface area is 157 Å². The van der Waals surface area contributed by atoms with Gasteiger partial charge >= 0.3 is 5.69 Å². The van der Waals surface area contributed by atoms with Gasteiger partial charge in [-0.25, -0.2) is 18.7 Å². The van der Waals surface area contributed by atoms with Crippen molar-refractivity contribution < 1.29 is 13.6 Å². The van der Waals surface area contributed by atoms with Gasteiger partial charge in [0.25, 0.3) is 0 Å². The highest BCUT2D eigenvalue weighted by molar-refractivity contribution is 7.99. The first-order valence-electron chi connectivity index (χ1n) is 8.10. The minimum Gasteiger partial charge on any atom is -0.323 e. The van der Waals surface area contributed by atoms with Crippen LogP contribution in [0.3, 0.4) is 0 Å². The lowest BCUT2D eigenvalue weighted by atomic mass is 10.1. The number of nitrogens with zero attached hydrogens (tertiary/aromatic N) is 2. The monoisotopic (exact) mass is 390 g/mol. The summed E-state index contributed by atoms with van der Waals surface area (Å²) >= 11 is 1.05. The molecule has 3 rings (SSSR count). The number of nitrogens with one attached hydrogen (secondary N) is 2. The third kappa shape index (κ3) is 5.04. The molecule has 0 aliphatic rings. The molecule has 2 aromatic carbocycles. The van der Waals surface area contributed by atoms with Crippen LogP contribution in [0, 0.1) is 11.6 Å². The van der Waals surface area contributed by atoms with E-state index in [4.69, 9.17) is 0 Å². The molecule has 1 amide bonds. The Hall–Kier alpha value is -2.94. The number of carbonyl (C=O) groups excluding carboxylic acids is 1. The van der Waals surface area contributed by atoms with Crippen LogP contribution in [-0.2, 0) is 17.8 Å². The van der Waals surface area contributed by atoms with Crippen LogP contribution in [0.5, 0.6) is 0 Å². The molecule has 0 radical (unpaired) electrons. The Kier molecular flexibility index (Phi) is 6.02. The fraction of sp³-hybridized carbons (Fsp3) is 0.167. The number of thioether (sulfide) groups is 1. The summed E-state index contributed by atoms with van der Waals surface area (Å²) in [6.45, 7) is 0.413. The van der Waals surface area contributed by atoms with Crippen molar-refractivity contribution in [1.82, 2.24) is 14.8 Å². The molecule has 0 aliphatic heterocycles. The highest BCUT2D eigenvalue weighted by atomic mass is 32.2. The van der Waals surface area contributed by atoms with E-state index in [0.29, 0.717) is 24.2 Å². The van der Waals surface area contributed by atoms with Gasteiger partial charge in [-0.3, -0.25) is 9.36 Å². The first kappa shape index (κ1) is 18.8. The highest BCUT2D eigenvalue weighted by Crippen LogP contribution is 2.17. The second-order valence-electron chi connectivity index (χ2n) is 5.66. The molecule has 140 valence electrons. The van der Waals surface area contributed by atoms with E-state index >= 15 is 0 Å². The predicted molar refractivity (Wildman–Crippen MR) is 98.7 cm³/mol. The summed E-state index contributed by atoms with van der Waals surface area (Å²) in [5.74, 6) is -2.14. The number of carbonyl (C=O) groups is 1. The second-order valence-corrected chi connectivity index (χ2v) is 6.60. The minimum atomic E-state index is -0.854. The smallest absolute Gasteiger partial charge is 0.323 e. The fourth-order valence-electron chi connectivity index (χ4n) is 2.40. The highest BCUT2D eigenvalue weighted by Gasteiger charge is 2.13. The number of aromatic nitrogens is 3. The van der Waals surface area contributed by atoms with E-state index in [1.807, 2.05) is 30.3 Å². The number of aromatic amines is 1. The van der Waals surface area contributed by atoms with E-state index in [9.17, 15) is 18.4 Å². The summed E-state index contributed by atoms with van der Waals surface area (Å²) in [5.41, 5.74) is 0.606. The van der Waals surface area contributed by atoms with Crippen LogP contribution in [0.2, 0.25) is 0 Å². The van der Waals surface area contributed by atoms with Crippen molar-refractivity contribution in [3.8, 4) is 0 Å². The largest absolute Gasteiger partial charge is 0.343 e. The number of hydrogen-bond donors (Lipinski definition) is 2. The summed E-state index contributed by atoms with van der Waals surface area (Å²) < 4.78 is 27.9. The van der Waals surface area contributed by atoms with E-state index in [-0.39, 0.29) is 17.1 Å². The van der Waals surface area contributed by atoms with Crippen molar-refractivity contribution >= 4 is 23.4 Å². The van der Waals surface area contributed by atoms with Gasteiger partial charge < -0.3 is 5.32 Å². The lowest BCUT2D eigenvalue weighted by molar-refractivity contribution is -0.113. The fourth-order valence-corrected chi connectivity index (χ4v) is 3.18. The maximum atomic E-state index is 13.6. The summed E-state index contributed by atoms with van der Waals surface area (Å²) in [6, 6.07) is 12.6. The van der Waals surface area contributed by atoms with Crippen molar-refractivity contribution in [3.63, 3.8) is 0 Å². The molecular formula is C18H16F2N4O2S. The first-order valence-corrected chi connectivity index (χ1v) is 9.08. The Balaban J connectivity index is 1.59. The molecule has 0 saturated carbocycles. The van der Waals surface area contributed by atoms with Crippen molar-refractivity contribution in [1.29, 1.82) is 0 Å². The van der Waals surface area contributed by atoms with Gasteiger partial charge in [-0.2, -0.15) is 0 Å². The quantitative estimate of drug-likeness (QED) is 0.608. The molecule has 6 nitrogen and oxygen atoms in total. The zero-order valence-corrected chi connectivity index (χ0v) is 14.9. The number of aryl methyl sites for hydroxylation is 1. The summed E-state index contributed by atoms with van der Waals surface area (Å²) in [4.78, 5) is 23.9. The predicted octanol–water partition coefficient (Wildman–Crippen LogP) is 2.82. The molecule has 27 heavy (non-hydrogen) atoms. The number of anilines is 1. The standard InChI is InChI=1S/C18H16F2N4O2S/c19-13-6-7-15(14(20)10-13)21-16(25)11-27-18-23-22-17(26)24(18)9-8-12-4-2-1-3-5-12/h1-7,10H,8-9,11H2,(H,21,25)(H,22,26). The van der Waals surface area contributed by atoms with E-state index in [2.05, 4.69) is 15.5 Å². The molecule has 1 heterocycles. The van der Waals surface area contributed by atoms with Crippen molar-refractivity contribution in [3.05, 3.63) is 76.2 Å². The second kappa shape index (κ2) is 8.63. The van der Waals surface area contributed by atoms with Crippen molar-refractivity contribution in [2.24, 2.45) is 0 Å². The van der Waals surface area contributed by atoms with Crippen molar-refractivity contribution in [2.75, 3.05) is 11.1 Å². The Morgan fingerprint density at radius 3 is 2.70 bits per heavy atom. The van der Waals surface area contributed by atoms with Crippen molar-refractivity contribution in [2.45, 2.75) is 18.1 Å². The first-order chi connectivity index (χ1) is 13.0. The third-order valence-corrected chi connectivity index (χ3v) is 4.70. The Morgan fingerprint density at radius 2 is 1.96 bits per heavy atom. The van der Waals surface area contributed by atoms with E-state index in [0.717, 1.165) is 29.5 Å². The lowest BCUT2D eigenvalue weighted by Crippen LogP contribution is -2.20. The van der Waals surface area contributed by atoms with Gasteiger partial charge in [0.2, 0.25) is 5.91 Å². The molecule has 1 aromatic heterocycles. The van der Waals surface area contributed by atoms with E-state index in [1.165, 1.54) is 4.57 Å². The molecule has 0 fully saturated rings. The molecule has 2 N–H and O–H groups in total. The van der Waals surface area contributed by atoms with Gasteiger partial charge in [-0.15, -0.1) is 5.10 Å². The minimum absolute atomic E-state index is 0.0769. The Morgan fingerprint density at radius 1 is 1.19 bits per heavy atom. The lowest BCUT2D eigenvalue weighted by Gasteiger charge is -2.07. The zero-order valence-electron chi connectivity index (χ0n) is 14.1. The van der Waals surface area contributed by atoms with Gasteiger partial charge in [-0.1, -0.05) is 42.1 Å². The number of amides is 1. The van der Waals surface area contributed by atoms with Gasteiger partial charge in [0.05, 0.1) is 11.4 Å². The summed E-state index contributed by atoms with van der Waals surface area (Å²) in [7, 11) is 0. The summed E-state index contributed by atoms with van der Waals surface area (Å²) in [6.07, 6.45) is 0.640. The van der Waals surface area contributed by atoms with Crippen LogP contribution in [0.4, 0.5) is 14.5 Å². The van der Waals surface area contributed by atoms with Gasteiger partial charge in [0.1, 0.15) is 11.6 Å². The zero-order chi connectivity index (χ0) is 19.2. The molecule has 0 aliphatic carbocycles. The maximum absolute atomic E-state index is 13.6. The van der Waals surface area contributed by atoms with Crippen LogP contribution in [0.15, 0.2) is 58.5 Å². The average molecular weight is 390 g/mol. The molecule has 0 bridgehead atoms. The van der Waals surface area contributed by atoms with Crippen LogP contribution >= 0.6 is 11.8 Å². The molecular weight excluding hydrogens is 374 g/mol. The molecule has 0 saturated heterocycles. The van der Waals surface area contributed by atoms with Gasteiger partial charge in [-0.05, 0) is 24.1 Å². The average Bonchev–Trinajstić information content (AvgIpc) is 3.01. The normalized spacial score (nSPS) is 10.7. The number of rotatable bonds is 7. The molecule has 0 unspecified atom stereocenters. The topological polar surface area (TPSA) is 79.8 Å². The Bertz CT molecular complexity index is 989. The molecule has 3 aromatic rings. The maximum Gasteiger partial charge on any atom is 0.343 e. The number of H-pyrrole nitrogens is 1. The number of benzene rings is 2. The van der Waals surface area contributed by atoms with Crippen LogP contribution < -0.4 is 11.0 Å². The third-order valence-electron chi connectivity index (χ3n) is 3.73. The van der Waals surface area contributed by atoms with E-state index in [1.54, 1.807) is 0 Å². The number of halogens is 2.